The molecule has 2 atom stereocenters. The van der Waals surface area contributed by atoms with Gasteiger partial charge in [0.2, 0.25) is 5.91 Å². The van der Waals surface area contributed by atoms with Gasteiger partial charge in [0.05, 0.1) is 6.07 Å². The number of carbonyl (C=O) groups excluding carboxylic acids is 1. The maximum Gasteiger partial charge on any atom is 0.242 e. The Morgan fingerprint density at radius 3 is 2.73 bits per heavy atom. The fourth-order valence-electron chi connectivity index (χ4n) is 1.99. The fraction of sp³-hybridized carbons (Fsp3) is 0.833. The minimum atomic E-state index is -0.828. The first-order valence-corrected chi connectivity index (χ1v) is 5.77. The summed E-state index contributed by atoms with van der Waals surface area (Å²) in [6.45, 7) is 6.54. The molecule has 1 heterocycles. The highest BCUT2D eigenvalue weighted by atomic mass is 16.2. The van der Waals surface area contributed by atoms with Crippen molar-refractivity contribution in [3.63, 3.8) is 0 Å². The van der Waals surface area contributed by atoms with E-state index >= 15 is 0 Å². The largest absolute Gasteiger partial charge is 0.339 e. The van der Waals surface area contributed by atoms with E-state index in [-0.39, 0.29) is 5.91 Å². The zero-order chi connectivity index (χ0) is 11.5. The van der Waals surface area contributed by atoms with Gasteiger partial charge in [0.25, 0.3) is 0 Å². The van der Waals surface area contributed by atoms with Crippen molar-refractivity contribution in [2.75, 3.05) is 6.54 Å². The molecule has 0 aliphatic carbocycles. The van der Waals surface area contributed by atoms with Gasteiger partial charge in [-0.1, -0.05) is 6.92 Å². The zero-order valence-electron chi connectivity index (χ0n) is 9.92. The third-order valence-electron chi connectivity index (χ3n) is 3.49. The summed E-state index contributed by atoms with van der Waals surface area (Å²) in [5.41, 5.74) is -0.828. The van der Waals surface area contributed by atoms with Gasteiger partial charge in [-0.15, -0.1) is 0 Å². The second kappa shape index (κ2) is 4.65. The van der Waals surface area contributed by atoms with Crippen molar-refractivity contribution in [1.82, 2.24) is 4.90 Å². The maximum absolute atomic E-state index is 12.2. The van der Waals surface area contributed by atoms with Crippen molar-refractivity contribution >= 4 is 5.91 Å². The van der Waals surface area contributed by atoms with Crippen LogP contribution in [0.4, 0.5) is 0 Å². The highest BCUT2D eigenvalue weighted by Gasteiger charge is 2.37. The van der Waals surface area contributed by atoms with E-state index in [4.69, 9.17) is 5.26 Å². The van der Waals surface area contributed by atoms with Gasteiger partial charge in [0.1, 0.15) is 5.41 Å². The topological polar surface area (TPSA) is 44.1 Å². The van der Waals surface area contributed by atoms with Crippen LogP contribution in [0.25, 0.3) is 0 Å². The summed E-state index contributed by atoms with van der Waals surface area (Å²) < 4.78 is 0. The molecule has 1 aliphatic heterocycles. The lowest BCUT2D eigenvalue weighted by Crippen LogP contribution is -2.48. The highest BCUT2D eigenvalue weighted by Crippen LogP contribution is 2.27. The van der Waals surface area contributed by atoms with E-state index in [0.717, 1.165) is 19.4 Å². The van der Waals surface area contributed by atoms with Gasteiger partial charge in [-0.05, 0) is 39.5 Å². The van der Waals surface area contributed by atoms with E-state index in [2.05, 4.69) is 13.0 Å². The van der Waals surface area contributed by atoms with Crippen LogP contribution in [0.3, 0.4) is 0 Å². The number of nitrogens with zero attached hydrogens (tertiary/aromatic N) is 2. The SMILES string of the molecule is CCC(C)(C#N)C(=O)N1CCCCC1C. The van der Waals surface area contributed by atoms with Crippen LogP contribution in [-0.4, -0.2) is 23.4 Å². The summed E-state index contributed by atoms with van der Waals surface area (Å²) in [5, 5.41) is 9.08. The third kappa shape index (κ3) is 2.31. The average molecular weight is 208 g/mol. The van der Waals surface area contributed by atoms with E-state index < -0.39 is 5.41 Å². The molecule has 0 bridgehead atoms. The Bertz CT molecular complexity index is 282. The van der Waals surface area contributed by atoms with E-state index in [1.165, 1.54) is 6.42 Å². The van der Waals surface area contributed by atoms with Crippen LogP contribution in [0.2, 0.25) is 0 Å². The Hall–Kier alpha value is -1.04. The van der Waals surface area contributed by atoms with Gasteiger partial charge >= 0.3 is 0 Å². The molecule has 3 heteroatoms. The lowest BCUT2D eigenvalue weighted by Gasteiger charge is -2.37. The first-order chi connectivity index (χ1) is 7.05. The molecule has 15 heavy (non-hydrogen) atoms. The van der Waals surface area contributed by atoms with Crippen LogP contribution in [0.15, 0.2) is 0 Å². The quantitative estimate of drug-likeness (QED) is 0.699. The van der Waals surface area contributed by atoms with Crippen LogP contribution in [0.1, 0.15) is 46.5 Å². The molecule has 1 amide bonds. The first-order valence-electron chi connectivity index (χ1n) is 5.77. The van der Waals surface area contributed by atoms with Crippen LogP contribution in [0, 0.1) is 16.7 Å². The standard InChI is InChI=1S/C12H20N2O/c1-4-12(3,9-13)11(15)14-8-6-5-7-10(14)2/h10H,4-8H2,1-3H3. The number of nitriles is 1. The molecule has 0 radical (unpaired) electrons. The number of rotatable bonds is 2. The van der Waals surface area contributed by atoms with Gasteiger partial charge in [-0.25, -0.2) is 0 Å². The lowest BCUT2D eigenvalue weighted by molar-refractivity contribution is -0.141. The fourth-order valence-corrected chi connectivity index (χ4v) is 1.99. The highest BCUT2D eigenvalue weighted by molar-refractivity contribution is 5.85. The number of likely N-dealkylation sites (tertiary alicyclic amines) is 1. The van der Waals surface area contributed by atoms with Crippen LogP contribution >= 0.6 is 0 Å². The van der Waals surface area contributed by atoms with Crippen molar-refractivity contribution in [2.24, 2.45) is 5.41 Å². The Balaban J connectivity index is 2.79. The van der Waals surface area contributed by atoms with Crippen molar-refractivity contribution in [3.8, 4) is 6.07 Å². The van der Waals surface area contributed by atoms with E-state index in [0.29, 0.717) is 12.5 Å². The Morgan fingerprint density at radius 1 is 1.60 bits per heavy atom. The molecule has 2 unspecified atom stereocenters. The van der Waals surface area contributed by atoms with Crippen molar-refractivity contribution < 1.29 is 4.79 Å². The summed E-state index contributed by atoms with van der Waals surface area (Å²) in [7, 11) is 0. The van der Waals surface area contributed by atoms with Gasteiger partial charge in [0.15, 0.2) is 0 Å². The second-order valence-corrected chi connectivity index (χ2v) is 4.64. The number of hydrogen-bond acceptors (Lipinski definition) is 2. The summed E-state index contributed by atoms with van der Waals surface area (Å²) in [6, 6.07) is 2.45. The summed E-state index contributed by atoms with van der Waals surface area (Å²) in [4.78, 5) is 14.1. The Labute approximate surface area is 92.1 Å². The smallest absolute Gasteiger partial charge is 0.242 e. The van der Waals surface area contributed by atoms with Crippen LogP contribution in [-0.2, 0) is 4.79 Å². The van der Waals surface area contributed by atoms with Crippen molar-refractivity contribution in [1.29, 1.82) is 5.26 Å². The zero-order valence-corrected chi connectivity index (χ0v) is 9.92. The normalized spacial score (nSPS) is 25.5. The molecule has 1 rings (SSSR count). The van der Waals surface area contributed by atoms with E-state index in [1.807, 2.05) is 11.8 Å². The van der Waals surface area contributed by atoms with Crippen LogP contribution < -0.4 is 0 Å². The van der Waals surface area contributed by atoms with Gasteiger partial charge in [0, 0.05) is 12.6 Å². The number of carbonyl (C=O) groups is 1. The first kappa shape index (κ1) is 12.0. The van der Waals surface area contributed by atoms with Gasteiger partial charge in [-0.3, -0.25) is 4.79 Å². The summed E-state index contributed by atoms with van der Waals surface area (Å²) in [6.07, 6.45) is 3.92. The number of piperidine rings is 1. The molecule has 0 aromatic rings. The van der Waals surface area contributed by atoms with Crippen LogP contribution in [0.5, 0.6) is 0 Å². The maximum atomic E-state index is 12.2. The minimum absolute atomic E-state index is 0.0136. The van der Waals surface area contributed by atoms with E-state index in [9.17, 15) is 4.79 Å². The molecule has 1 aliphatic rings. The molecule has 84 valence electrons. The second-order valence-electron chi connectivity index (χ2n) is 4.64. The molecular weight excluding hydrogens is 188 g/mol. The lowest BCUT2D eigenvalue weighted by atomic mass is 9.86. The Morgan fingerprint density at radius 2 is 2.27 bits per heavy atom. The van der Waals surface area contributed by atoms with Crippen molar-refractivity contribution in [3.05, 3.63) is 0 Å². The number of amides is 1. The predicted octanol–water partition coefficient (Wildman–Crippen LogP) is 2.33. The molecule has 1 fully saturated rings. The Kier molecular flexibility index (Phi) is 3.73. The summed E-state index contributed by atoms with van der Waals surface area (Å²) >= 11 is 0. The summed E-state index contributed by atoms with van der Waals surface area (Å²) in [5.74, 6) is 0.0136. The third-order valence-corrected chi connectivity index (χ3v) is 3.49. The predicted molar refractivity (Wildman–Crippen MR) is 59.0 cm³/mol. The minimum Gasteiger partial charge on any atom is -0.339 e. The molecule has 0 saturated carbocycles. The monoisotopic (exact) mass is 208 g/mol. The number of hydrogen-bond donors (Lipinski definition) is 0. The molecule has 0 aromatic carbocycles. The molecule has 3 nitrogen and oxygen atoms in total. The van der Waals surface area contributed by atoms with Gasteiger partial charge < -0.3 is 4.90 Å². The molecule has 0 spiro atoms. The van der Waals surface area contributed by atoms with Gasteiger partial charge in [-0.2, -0.15) is 5.26 Å². The molecule has 1 saturated heterocycles. The molecule has 0 N–H and O–H groups in total. The average Bonchev–Trinajstić information content (AvgIpc) is 2.28. The molecular formula is C12H20N2O. The van der Waals surface area contributed by atoms with E-state index in [1.54, 1.807) is 6.92 Å². The molecule has 0 aromatic heterocycles. The van der Waals surface area contributed by atoms with Crippen molar-refractivity contribution in [2.45, 2.75) is 52.5 Å².